The van der Waals surface area contributed by atoms with Crippen molar-refractivity contribution in [2.24, 2.45) is 7.05 Å². The first-order valence-electron chi connectivity index (χ1n) is 16.3. The summed E-state index contributed by atoms with van der Waals surface area (Å²) in [6.07, 6.45) is 9.27. The first-order valence-corrected chi connectivity index (χ1v) is 16.3. The summed E-state index contributed by atoms with van der Waals surface area (Å²) < 4.78 is 14.3. The molecule has 4 heterocycles. The number of piperazine rings is 1. The maximum absolute atomic E-state index is 13.8. The molecule has 0 radical (unpaired) electrons. The van der Waals surface area contributed by atoms with Crippen molar-refractivity contribution in [2.45, 2.75) is 70.6 Å². The molecule has 1 saturated carbocycles. The van der Waals surface area contributed by atoms with Crippen molar-refractivity contribution < 1.29 is 19.1 Å². The SMILES string of the molecule is C=CC(=O)N1CCN(C[C@@H](OC2(C)CC(C)=C(C(=O)Nc3ncc(OC)cc3C)c3cnn(C)c32)c2ccc(C3CC3)cn2)C[C@H]1C. The highest BCUT2D eigenvalue weighted by atomic mass is 16.5. The van der Waals surface area contributed by atoms with Crippen LogP contribution in [0.15, 0.2) is 55.0 Å². The molecule has 3 aromatic heterocycles. The summed E-state index contributed by atoms with van der Waals surface area (Å²) in [6, 6.07) is 6.17. The second-order valence-corrected chi connectivity index (χ2v) is 13.3. The van der Waals surface area contributed by atoms with Crippen molar-refractivity contribution in [1.82, 2.24) is 29.5 Å². The number of anilines is 1. The molecule has 1 saturated heterocycles. The monoisotopic (exact) mass is 639 g/mol. The Labute approximate surface area is 276 Å². The lowest BCUT2D eigenvalue weighted by molar-refractivity contribution is -0.132. The number of hydrogen-bond acceptors (Lipinski definition) is 8. The molecule has 11 heteroatoms. The van der Waals surface area contributed by atoms with E-state index in [1.807, 2.05) is 42.7 Å². The number of aryl methyl sites for hydroxylation is 2. The molecule has 0 bridgehead atoms. The van der Waals surface area contributed by atoms with E-state index in [4.69, 9.17) is 14.5 Å². The number of fused-ring (bicyclic) bond motifs is 1. The van der Waals surface area contributed by atoms with E-state index in [1.54, 1.807) is 19.5 Å². The van der Waals surface area contributed by atoms with Crippen LogP contribution in [0, 0.1) is 6.92 Å². The van der Waals surface area contributed by atoms with Gasteiger partial charge in [-0.2, -0.15) is 5.10 Å². The van der Waals surface area contributed by atoms with Crippen LogP contribution in [0.25, 0.3) is 5.57 Å². The van der Waals surface area contributed by atoms with Gasteiger partial charge >= 0.3 is 0 Å². The third kappa shape index (κ3) is 6.59. The lowest BCUT2D eigenvalue weighted by Gasteiger charge is -2.43. The van der Waals surface area contributed by atoms with Crippen molar-refractivity contribution in [2.75, 3.05) is 38.6 Å². The molecule has 11 nitrogen and oxygen atoms in total. The molecule has 3 aromatic rings. The molecule has 6 rings (SSSR count). The van der Waals surface area contributed by atoms with Gasteiger partial charge in [-0.05, 0) is 75.8 Å². The number of carbonyl (C=O) groups excluding carboxylic acids is 2. The summed E-state index contributed by atoms with van der Waals surface area (Å²) in [5.74, 6) is 1.43. The lowest BCUT2D eigenvalue weighted by atomic mass is 9.80. The maximum atomic E-state index is 13.8. The number of methoxy groups -OCH3 is 1. The van der Waals surface area contributed by atoms with Crippen LogP contribution < -0.4 is 10.1 Å². The molecule has 0 aromatic carbocycles. The average molecular weight is 640 g/mol. The third-order valence-electron chi connectivity index (χ3n) is 9.67. The summed E-state index contributed by atoms with van der Waals surface area (Å²) in [7, 11) is 3.48. The number of nitrogens with zero attached hydrogens (tertiary/aromatic N) is 6. The third-order valence-corrected chi connectivity index (χ3v) is 9.67. The molecule has 47 heavy (non-hydrogen) atoms. The van der Waals surface area contributed by atoms with Crippen LogP contribution in [0.2, 0.25) is 0 Å². The van der Waals surface area contributed by atoms with Gasteiger partial charge in [0.05, 0.1) is 30.9 Å². The fourth-order valence-electron chi connectivity index (χ4n) is 7.18. The predicted octanol–water partition coefficient (Wildman–Crippen LogP) is 4.91. The van der Waals surface area contributed by atoms with Crippen molar-refractivity contribution in [3.05, 3.63) is 83.1 Å². The quantitative estimate of drug-likeness (QED) is 0.311. The van der Waals surface area contributed by atoms with E-state index in [-0.39, 0.29) is 24.0 Å². The number of aromatic nitrogens is 4. The van der Waals surface area contributed by atoms with E-state index in [0.29, 0.717) is 42.6 Å². The standard InChI is InChI=1S/C36H45N7O4/c1-8-31(44)43-14-13-42(20-24(43)4)21-30(29-12-11-26(17-37-29)25-9-10-25)47-36(5)16-23(3)32(28-19-39-41(6)33(28)36)35(45)40-34-22(2)15-27(46-7)18-38-34/h8,11-12,15,17-19,24-25,30H,1,9-10,13-14,16,20-21H2,2-7H3,(H,38,40,45)/t24-,30-,36?/m1/s1. The Morgan fingerprint density at radius 1 is 1.17 bits per heavy atom. The molecule has 2 fully saturated rings. The van der Waals surface area contributed by atoms with Gasteiger partial charge in [-0.1, -0.05) is 18.2 Å². The molecular weight excluding hydrogens is 594 g/mol. The molecular formula is C36H45N7O4. The number of nitrogens with one attached hydrogen (secondary N) is 1. The largest absolute Gasteiger partial charge is 0.495 e. The van der Waals surface area contributed by atoms with E-state index >= 15 is 0 Å². The van der Waals surface area contributed by atoms with Crippen LogP contribution in [0.1, 0.15) is 80.1 Å². The van der Waals surface area contributed by atoms with E-state index in [9.17, 15) is 9.59 Å². The number of ether oxygens (including phenoxy) is 2. The molecule has 3 aliphatic rings. The normalized spacial score (nSPS) is 22.1. The second kappa shape index (κ2) is 13.0. The summed E-state index contributed by atoms with van der Waals surface area (Å²) >= 11 is 0. The average Bonchev–Trinajstić information content (AvgIpc) is 3.82. The number of hydrogen-bond donors (Lipinski definition) is 1. The first-order chi connectivity index (χ1) is 22.5. The van der Waals surface area contributed by atoms with Gasteiger partial charge in [0.1, 0.15) is 23.3 Å². The highest BCUT2D eigenvalue weighted by Gasteiger charge is 2.43. The summed E-state index contributed by atoms with van der Waals surface area (Å²) in [4.78, 5) is 39.8. The van der Waals surface area contributed by atoms with Gasteiger partial charge in [-0.15, -0.1) is 0 Å². The number of amides is 2. The highest BCUT2D eigenvalue weighted by molar-refractivity contribution is 6.26. The van der Waals surface area contributed by atoms with Crippen LogP contribution in [0.5, 0.6) is 5.75 Å². The zero-order valence-electron chi connectivity index (χ0n) is 28.2. The second-order valence-electron chi connectivity index (χ2n) is 13.3. The minimum absolute atomic E-state index is 0.0410. The van der Waals surface area contributed by atoms with E-state index in [0.717, 1.165) is 41.2 Å². The summed E-state index contributed by atoms with van der Waals surface area (Å²) in [6.45, 7) is 14.4. The minimum atomic E-state index is -0.795. The molecule has 0 spiro atoms. The number of rotatable bonds is 10. The minimum Gasteiger partial charge on any atom is -0.495 e. The zero-order valence-corrected chi connectivity index (χ0v) is 28.2. The topological polar surface area (TPSA) is 115 Å². The van der Waals surface area contributed by atoms with Gasteiger partial charge < -0.3 is 19.7 Å². The fraction of sp³-hybridized carbons (Fsp3) is 0.472. The van der Waals surface area contributed by atoms with Crippen molar-refractivity contribution in [3.63, 3.8) is 0 Å². The molecule has 2 amide bonds. The molecule has 1 N–H and O–H groups in total. The van der Waals surface area contributed by atoms with Gasteiger partial charge in [-0.25, -0.2) is 4.98 Å². The number of pyridine rings is 2. The fourth-order valence-corrected chi connectivity index (χ4v) is 7.18. The van der Waals surface area contributed by atoms with Gasteiger partial charge in [-0.3, -0.25) is 24.2 Å². The van der Waals surface area contributed by atoms with E-state index < -0.39 is 5.60 Å². The van der Waals surface area contributed by atoms with Crippen LogP contribution in [0.3, 0.4) is 0 Å². The van der Waals surface area contributed by atoms with Crippen molar-refractivity contribution in [3.8, 4) is 5.75 Å². The number of carbonyl (C=O) groups is 2. The van der Waals surface area contributed by atoms with Crippen LogP contribution in [-0.4, -0.2) is 80.7 Å². The Bertz CT molecular complexity index is 1710. The van der Waals surface area contributed by atoms with E-state index in [1.165, 1.54) is 24.5 Å². The van der Waals surface area contributed by atoms with Crippen molar-refractivity contribution in [1.29, 1.82) is 0 Å². The van der Waals surface area contributed by atoms with Gasteiger partial charge in [0, 0.05) is 63.0 Å². The Morgan fingerprint density at radius 2 is 1.96 bits per heavy atom. The van der Waals surface area contributed by atoms with Crippen molar-refractivity contribution >= 4 is 23.2 Å². The molecule has 3 atom stereocenters. The Morgan fingerprint density at radius 3 is 2.60 bits per heavy atom. The zero-order chi connectivity index (χ0) is 33.5. The Balaban J connectivity index is 1.29. The van der Waals surface area contributed by atoms with Gasteiger partial charge in [0.2, 0.25) is 5.91 Å². The van der Waals surface area contributed by atoms with Crippen LogP contribution in [0.4, 0.5) is 5.82 Å². The molecule has 1 aliphatic heterocycles. The maximum Gasteiger partial charge on any atom is 0.257 e. The highest BCUT2D eigenvalue weighted by Crippen LogP contribution is 2.46. The Kier molecular flexibility index (Phi) is 9.04. The summed E-state index contributed by atoms with van der Waals surface area (Å²) in [5.41, 5.74) is 5.19. The van der Waals surface area contributed by atoms with Crippen LogP contribution >= 0.6 is 0 Å². The molecule has 248 valence electrons. The van der Waals surface area contributed by atoms with Gasteiger partial charge in [0.25, 0.3) is 5.91 Å². The lowest BCUT2D eigenvalue weighted by Crippen LogP contribution is -2.54. The first kappa shape index (κ1) is 32.6. The van der Waals surface area contributed by atoms with Crippen LogP contribution in [-0.2, 0) is 27.0 Å². The smallest absolute Gasteiger partial charge is 0.257 e. The molecule has 2 aliphatic carbocycles. The summed E-state index contributed by atoms with van der Waals surface area (Å²) in [5, 5.41) is 7.61. The molecule has 1 unspecified atom stereocenters. The predicted molar refractivity (Wildman–Crippen MR) is 180 cm³/mol. The Hall–Kier alpha value is -4.35. The van der Waals surface area contributed by atoms with E-state index in [2.05, 4.69) is 52.9 Å². The van der Waals surface area contributed by atoms with Gasteiger partial charge in [0.15, 0.2) is 0 Å².